The molecule has 1 N–H and O–H groups in total. The van der Waals surface area contributed by atoms with Crippen LogP contribution in [0, 0.1) is 6.92 Å². The first kappa shape index (κ1) is 12.7. The molecule has 1 fully saturated rings. The highest BCUT2D eigenvalue weighted by molar-refractivity contribution is 7.99. The highest BCUT2D eigenvalue weighted by atomic mass is 32.2. The molecule has 4 heteroatoms. The fourth-order valence-electron chi connectivity index (χ4n) is 2.19. The Balaban J connectivity index is 2.35. The molecule has 1 aliphatic rings. The van der Waals surface area contributed by atoms with Crippen LogP contribution in [0.3, 0.4) is 0 Å². The Morgan fingerprint density at radius 3 is 2.76 bits per heavy atom. The third-order valence-electron chi connectivity index (χ3n) is 3.16. The second-order valence-corrected chi connectivity index (χ2v) is 5.70. The van der Waals surface area contributed by atoms with Gasteiger partial charge in [0.05, 0.1) is 5.25 Å². The van der Waals surface area contributed by atoms with E-state index in [1.165, 1.54) is 29.9 Å². The summed E-state index contributed by atoms with van der Waals surface area (Å²) < 4.78 is 0. The minimum atomic E-state index is 0.512. The van der Waals surface area contributed by atoms with Gasteiger partial charge in [-0.25, -0.2) is 9.97 Å². The van der Waals surface area contributed by atoms with E-state index in [0.29, 0.717) is 5.25 Å². The number of aryl methyl sites for hydroxylation is 1. The minimum Gasteiger partial charge on any atom is -0.370 e. The number of anilines is 1. The van der Waals surface area contributed by atoms with E-state index in [4.69, 9.17) is 9.97 Å². The van der Waals surface area contributed by atoms with Crippen LogP contribution in [-0.2, 0) is 6.42 Å². The summed E-state index contributed by atoms with van der Waals surface area (Å²) in [5.41, 5.74) is 2.40. The summed E-state index contributed by atoms with van der Waals surface area (Å²) in [7, 11) is 0. The molecule has 1 aromatic rings. The van der Waals surface area contributed by atoms with E-state index in [-0.39, 0.29) is 0 Å². The number of rotatable bonds is 4. The molecule has 0 amide bonds. The number of hydrogen-bond acceptors (Lipinski definition) is 4. The fourth-order valence-corrected chi connectivity index (χ4v) is 3.40. The van der Waals surface area contributed by atoms with Gasteiger partial charge in [-0.2, -0.15) is 11.8 Å². The fraction of sp³-hybridized carbons (Fsp3) is 0.692. The molecular formula is C13H21N3S. The van der Waals surface area contributed by atoms with Crippen molar-refractivity contribution in [3.8, 4) is 0 Å². The van der Waals surface area contributed by atoms with Crippen LogP contribution >= 0.6 is 11.8 Å². The molecule has 1 atom stereocenters. The average molecular weight is 251 g/mol. The van der Waals surface area contributed by atoms with Gasteiger partial charge in [0.25, 0.3) is 0 Å². The van der Waals surface area contributed by atoms with Crippen molar-refractivity contribution in [3.05, 3.63) is 17.1 Å². The Morgan fingerprint density at radius 2 is 2.18 bits per heavy atom. The van der Waals surface area contributed by atoms with E-state index in [9.17, 15) is 0 Å². The van der Waals surface area contributed by atoms with Gasteiger partial charge in [0.1, 0.15) is 11.6 Å². The van der Waals surface area contributed by atoms with Crippen molar-refractivity contribution in [3.63, 3.8) is 0 Å². The van der Waals surface area contributed by atoms with Gasteiger partial charge in [-0.1, -0.05) is 6.92 Å². The van der Waals surface area contributed by atoms with Crippen molar-refractivity contribution in [2.75, 3.05) is 17.6 Å². The zero-order chi connectivity index (χ0) is 12.3. The molecule has 0 spiro atoms. The molecule has 1 unspecified atom stereocenters. The van der Waals surface area contributed by atoms with Gasteiger partial charge in [0.2, 0.25) is 0 Å². The third kappa shape index (κ3) is 2.73. The van der Waals surface area contributed by atoms with Crippen LogP contribution in [-0.4, -0.2) is 22.3 Å². The number of thioether (sulfide) groups is 1. The maximum Gasteiger partial charge on any atom is 0.143 e. The van der Waals surface area contributed by atoms with Gasteiger partial charge in [-0.05, 0) is 38.9 Å². The van der Waals surface area contributed by atoms with Crippen molar-refractivity contribution in [1.82, 2.24) is 9.97 Å². The normalized spacial score (nSPS) is 19.6. The van der Waals surface area contributed by atoms with Crippen molar-refractivity contribution < 1.29 is 0 Å². The lowest BCUT2D eigenvalue weighted by Gasteiger charge is -2.15. The van der Waals surface area contributed by atoms with E-state index in [1.54, 1.807) is 0 Å². The Bertz CT molecular complexity index is 386. The van der Waals surface area contributed by atoms with Crippen LogP contribution in [0.1, 0.15) is 49.0 Å². The van der Waals surface area contributed by atoms with Crippen LogP contribution in [0.15, 0.2) is 0 Å². The maximum atomic E-state index is 4.74. The molecule has 2 heterocycles. The summed E-state index contributed by atoms with van der Waals surface area (Å²) >= 11 is 1.99. The summed E-state index contributed by atoms with van der Waals surface area (Å²) in [4.78, 5) is 9.45. The molecule has 2 rings (SSSR count). The quantitative estimate of drug-likeness (QED) is 0.890. The van der Waals surface area contributed by atoms with Gasteiger partial charge in [-0.3, -0.25) is 0 Å². The SMILES string of the molecule is CCNc1nc(C2CCCS2)nc(CC)c1C. The van der Waals surface area contributed by atoms with Gasteiger partial charge >= 0.3 is 0 Å². The van der Waals surface area contributed by atoms with E-state index < -0.39 is 0 Å². The van der Waals surface area contributed by atoms with Crippen LogP contribution in [0.4, 0.5) is 5.82 Å². The highest BCUT2D eigenvalue weighted by Crippen LogP contribution is 2.38. The predicted molar refractivity (Wildman–Crippen MR) is 74.7 cm³/mol. The topological polar surface area (TPSA) is 37.8 Å². The summed E-state index contributed by atoms with van der Waals surface area (Å²) in [5, 5.41) is 3.87. The Morgan fingerprint density at radius 1 is 1.35 bits per heavy atom. The molecule has 0 bridgehead atoms. The van der Waals surface area contributed by atoms with E-state index in [1.807, 2.05) is 11.8 Å². The zero-order valence-corrected chi connectivity index (χ0v) is 11.7. The third-order valence-corrected chi connectivity index (χ3v) is 4.53. The number of hydrogen-bond donors (Lipinski definition) is 1. The smallest absolute Gasteiger partial charge is 0.143 e. The van der Waals surface area contributed by atoms with Gasteiger partial charge < -0.3 is 5.32 Å². The number of aromatic nitrogens is 2. The molecule has 0 aromatic carbocycles. The standard InChI is InChI=1S/C13H21N3S/c1-4-10-9(3)12(14-5-2)16-13(15-10)11-7-6-8-17-11/h11H,4-8H2,1-3H3,(H,14,15,16). The molecule has 0 radical (unpaired) electrons. The largest absolute Gasteiger partial charge is 0.370 e. The Kier molecular flexibility index (Phi) is 4.26. The van der Waals surface area contributed by atoms with E-state index in [0.717, 1.165) is 24.6 Å². The monoisotopic (exact) mass is 251 g/mol. The first-order valence-electron chi connectivity index (χ1n) is 6.49. The zero-order valence-electron chi connectivity index (χ0n) is 10.9. The van der Waals surface area contributed by atoms with Crippen molar-refractivity contribution in [2.24, 2.45) is 0 Å². The first-order valence-corrected chi connectivity index (χ1v) is 7.54. The minimum absolute atomic E-state index is 0.512. The summed E-state index contributed by atoms with van der Waals surface area (Å²) in [6, 6.07) is 0. The Labute approximate surface area is 108 Å². The molecule has 1 saturated heterocycles. The van der Waals surface area contributed by atoms with Gasteiger partial charge in [0.15, 0.2) is 0 Å². The molecule has 0 aliphatic carbocycles. The van der Waals surface area contributed by atoms with Gasteiger partial charge in [-0.15, -0.1) is 0 Å². The van der Waals surface area contributed by atoms with Gasteiger partial charge in [0, 0.05) is 17.8 Å². The van der Waals surface area contributed by atoms with E-state index in [2.05, 4.69) is 26.1 Å². The molecule has 3 nitrogen and oxygen atoms in total. The average Bonchev–Trinajstić information content (AvgIpc) is 2.85. The molecule has 1 aliphatic heterocycles. The van der Waals surface area contributed by atoms with Crippen molar-refractivity contribution >= 4 is 17.6 Å². The highest BCUT2D eigenvalue weighted by Gasteiger charge is 2.22. The van der Waals surface area contributed by atoms with Crippen molar-refractivity contribution in [1.29, 1.82) is 0 Å². The Hall–Kier alpha value is -0.770. The number of nitrogens with zero attached hydrogens (tertiary/aromatic N) is 2. The second kappa shape index (κ2) is 5.71. The molecule has 94 valence electrons. The van der Waals surface area contributed by atoms with Crippen LogP contribution < -0.4 is 5.32 Å². The first-order chi connectivity index (χ1) is 8.26. The molecular weight excluding hydrogens is 230 g/mol. The van der Waals surface area contributed by atoms with Crippen LogP contribution in [0.25, 0.3) is 0 Å². The van der Waals surface area contributed by atoms with Crippen LogP contribution in [0.5, 0.6) is 0 Å². The van der Waals surface area contributed by atoms with E-state index >= 15 is 0 Å². The summed E-state index contributed by atoms with van der Waals surface area (Å²) in [6.07, 6.45) is 3.50. The summed E-state index contributed by atoms with van der Waals surface area (Å²) in [5.74, 6) is 3.31. The molecule has 0 saturated carbocycles. The molecule has 17 heavy (non-hydrogen) atoms. The maximum absolute atomic E-state index is 4.74. The lowest BCUT2D eigenvalue weighted by atomic mass is 10.1. The second-order valence-electron chi connectivity index (χ2n) is 4.39. The molecule has 1 aromatic heterocycles. The van der Waals surface area contributed by atoms with Crippen molar-refractivity contribution in [2.45, 2.75) is 45.3 Å². The lowest BCUT2D eigenvalue weighted by molar-refractivity contribution is 0.762. The number of nitrogens with one attached hydrogen (secondary N) is 1. The van der Waals surface area contributed by atoms with Crippen LogP contribution in [0.2, 0.25) is 0 Å². The lowest BCUT2D eigenvalue weighted by Crippen LogP contribution is -2.10. The predicted octanol–water partition coefficient (Wildman–Crippen LogP) is 3.35. The summed E-state index contributed by atoms with van der Waals surface area (Å²) in [6.45, 7) is 7.30.